The Balaban J connectivity index is 3.03. The first-order valence-electron chi connectivity index (χ1n) is 9.75. The average molecular weight is 374 g/mol. The summed E-state index contributed by atoms with van der Waals surface area (Å²) in [6.45, 7) is 11.6. The molecular formula is C20H39NO5. The van der Waals surface area contributed by atoms with Crippen LogP contribution in [0.15, 0.2) is 0 Å². The monoisotopic (exact) mass is 373 g/mol. The van der Waals surface area contributed by atoms with Crippen LogP contribution in [-0.4, -0.2) is 69.7 Å². The summed E-state index contributed by atoms with van der Waals surface area (Å²) in [7, 11) is 1.89. The van der Waals surface area contributed by atoms with Crippen LogP contribution < -0.4 is 0 Å². The highest BCUT2D eigenvalue weighted by Gasteiger charge is 2.38. The number of ether oxygens (including phenoxy) is 1. The van der Waals surface area contributed by atoms with Gasteiger partial charge in [-0.1, -0.05) is 20.8 Å². The molecule has 1 saturated heterocycles. The summed E-state index contributed by atoms with van der Waals surface area (Å²) in [5.41, 5.74) is -2.33. The minimum atomic E-state index is -1.52. The molecule has 26 heavy (non-hydrogen) atoms. The molecule has 0 radical (unpaired) electrons. The maximum Gasteiger partial charge on any atom is 0.308 e. The Morgan fingerprint density at radius 1 is 1.08 bits per heavy atom. The van der Waals surface area contributed by atoms with Crippen molar-refractivity contribution in [2.24, 2.45) is 17.8 Å². The zero-order valence-corrected chi connectivity index (χ0v) is 17.5. The van der Waals surface area contributed by atoms with Gasteiger partial charge in [-0.15, -0.1) is 0 Å². The van der Waals surface area contributed by atoms with E-state index in [9.17, 15) is 20.1 Å². The van der Waals surface area contributed by atoms with Crippen molar-refractivity contribution in [3.8, 4) is 0 Å². The van der Waals surface area contributed by atoms with Crippen LogP contribution in [0.4, 0.5) is 0 Å². The lowest BCUT2D eigenvalue weighted by molar-refractivity contribution is -0.166. The van der Waals surface area contributed by atoms with Gasteiger partial charge in [0.2, 0.25) is 0 Å². The van der Waals surface area contributed by atoms with E-state index in [2.05, 4.69) is 6.92 Å². The summed E-state index contributed by atoms with van der Waals surface area (Å²) in [4.78, 5) is 14.2. The maximum atomic E-state index is 12.3. The Morgan fingerprint density at radius 2 is 1.62 bits per heavy atom. The number of carbonyl (C=O) groups is 1. The third-order valence-electron chi connectivity index (χ3n) is 5.63. The molecule has 1 fully saturated rings. The highest BCUT2D eigenvalue weighted by molar-refractivity contribution is 5.72. The lowest BCUT2D eigenvalue weighted by Crippen LogP contribution is -2.55. The van der Waals surface area contributed by atoms with Gasteiger partial charge in [0, 0.05) is 12.6 Å². The van der Waals surface area contributed by atoms with Gasteiger partial charge in [0.15, 0.2) is 0 Å². The van der Waals surface area contributed by atoms with Crippen molar-refractivity contribution in [2.75, 3.05) is 20.2 Å². The number of rotatable bonds is 0. The van der Waals surface area contributed by atoms with Crippen LogP contribution in [0.2, 0.25) is 0 Å². The van der Waals surface area contributed by atoms with Crippen LogP contribution in [0.3, 0.4) is 0 Å². The predicted molar refractivity (Wildman–Crippen MR) is 102 cm³/mol. The second-order valence-electron chi connectivity index (χ2n) is 9.34. The second kappa shape index (κ2) is 9.00. The topological polar surface area (TPSA) is 90.2 Å². The zero-order valence-electron chi connectivity index (χ0n) is 17.5. The highest BCUT2D eigenvalue weighted by atomic mass is 16.5. The molecule has 1 rings (SSSR count). The standard InChI is InChI=1S/C20H39NO5/c1-13-8-15(3)18(23)26-12-20(6,25)17(22)16(4)21(7)11-14(2)10-19(5,24)9-13/h13-17,22,24-25H,8-12H2,1-7H3/t13-,14+,15?,16?,17?,19-,20+/m0/s1. The number of aliphatic hydroxyl groups excluding tert-OH is 1. The molecule has 3 unspecified atom stereocenters. The molecule has 7 atom stereocenters. The van der Waals surface area contributed by atoms with Crippen molar-refractivity contribution in [3.63, 3.8) is 0 Å². The van der Waals surface area contributed by atoms with Crippen molar-refractivity contribution >= 4 is 5.97 Å². The van der Waals surface area contributed by atoms with E-state index in [1.807, 2.05) is 32.7 Å². The molecule has 3 N–H and O–H groups in total. The van der Waals surface area contributed by atoms with E-state index < -0.39 is 17.3 Å². The van der Waals surface area contributed by atoms with Gasteiger partial charge in [-0.25, -0.2) is 0 Å². The average Bonchev–Trinajstić information content (AvgIpc) is 2.48. The van der Waals surface area contributed by atoms with Crippen LogP contribution in [-0.2, 0) is 9.53 Å². The first-order chi connectivity index (χ1) is 11.7. The molecule has 6 heteroatoms. The van der Waals surface area contributed by atoms with Gasteiger partial charge in [0.25, 0.3) is 0 Å². The summed E-state index contributed by atoms with van der Waals surface area (Å²) < 4.78 is 5.29. The first-order valence-corrected chi connectivity index (χ1v) is 9.75. The van der Waals surface area contributed by atoms with E-state index in [1.54, 1.807) is 6.92 Å². The van der Waals surface area contributed by atoms with E-state index in [0.717, 1.165) is 0 Å². The number of hydrogen-bond donors (Lipinski definition) is 3. The maximum absolute atomic E-state index is 12.3. The normalized spacial score (nSPS) is 45.5. The lowest BCUT2D eigenvalue weighted by atomic mass is 9.82. The van der Waals surface area contributed by atoms with Crippen LogP contribution in [0.25, 0.3) is 0 Å². The second-order valence-corrected chi connectivity index (χ2v) is 9.34. The van der Waals surface area contributed by atoms with Gasteiger partial charge in [0.05, 0.1) is 11.5 Å². The summed E-state index contributed by atoms with van der Waals surface area (Å²) in [6.07, 6.45) is 0.811. The number of esters is 1. The molecule has 0 aromatic rings. The molecule has 0 amide bonds. The summed E-state index contributed by atoms with van der Waals surface area (Å²) in [5, 5.41) is 32.0. The fourth-order valence-corrected chi connectivity index (χ4v) is 4.30. The first kappa shape index (κ1) is 23.3. The van der Waals surface area contributed by atoms with E-state index >= 15 is 0 Å². The SMILES string of the molecule is CC1C[C@H](C)C[C@](C)(O)C[C@@H](C)CN(C)C(C)C(O)[C@](C)(O)COC1=O. The summed E-state index contributed by atoms with van der Waals surface area (Å²) in [5.74, 6) is -0.306. The number of aliphatic hydroxyl groups is 3. The predicted octanol–water partition coefficient (Wildman–Crippen LogP) is 1.80. The minimum absolute atomic E-state index is 0.174. The van der Waals surface area contributed by atoms with Gasteiger partial charge < -0.3 is 25.0 Å². The molecule has 0 saturated carbocycles. The Hall–Kier alpha value is -0.690. The largest absolute Gasteiger partial charge is 0.462 e. The molecule has 1 heterocycles. The van der Waals surface area contributed by atoms with Gasteiger partial charge in [-0.3, -0.25) is 4.79 Å². The molecule has 154 valence electrons. The molecule has 0 aromatic heterocycles. The van der Waals surface area contributed by atoms with Crippen molar-refractivity contribution in [2.45, 2.75) is 84.2 Å². The summed E-state index contributed by atoms with van der Waals surface area (Å²) >= 11 is 0. The quantitative estimate of drug-likeness (QED) is 0.561. The highest BCUT2D eigenvalue weighted by Crippen LogP contribution is 2.29. The Bertz CT molecular complexity index is 465. The molecule has 0 aliphatic carbocycles. The number of carbonyl (C=O) groups excluding carboxylic acids is 1. The minimum Gasteiger partial charge on any atom is -0.462 e. The van der Waals surface area contributed by atoms with Gasteiger partial charge in [-0.05, 0) is 58.9 Å². The van der Waals surface area contributed by atoms with Crippen LogP contribution in [0.5, 0.6) is 0 Å². The number of hydrogen-bond acceptors (Lipinski definition) is 6. The van der Waals surface area contributed by atoms with E-state index in [1.165, 1.54) is 6.92 Å². The fourth-order valence-electron chi connectivity index (χ4n) is 4.30. The third kappa shape index (κ3) is 6.80. The molecule has 0 aromatic carbocycles. The molecule has 0 bridgehead atoms. The van der Waals surface area contributed by atoms with E-state index in [4.69, 9.17) is 4.74 Å². The summed E-state index contributed by atoms with van der Waals surface area (Å²) in [6, 6.07) is -0.322. The van der Waals surface area contributed by atoms with Crippen LogP contribution in [0, 0.1) is 17.8 Å². The Kier molecular flexibility index (Phi) is 8.08. The van der Waals surface area contributed by atoms with E-state index in [0.29, 0.717) is 25.8 Å². The third-order valence-corrected chi connectivity index (χ3v) is 5.63. The Labute approximate surface area is 158 Å². The zero-order chi connectivity index (χ0) is 20.3. The lowest BCUT2D eigenvalue weighted by Gasteiger charge is -2.38. The van der Waals surface area contributed by atoms with Gasteiger partial charge >= 0.3 is 5.97 Å². The van der Waals surface area contributed by atoms with Crippen molar-refractivity contribution < 1.29 is 24.9 Å². The van der Waals surface area contributed by atoms with Gasteiger partial charge in [0.1, 0.15) is 18.3 Å². The number of nitrogens with zero attached hydrogens (tertiary/aromatic N) is 1. The van der Waals surface area contributed by atoms with Crippen LogP contribution >= 0.6 is 0 Å². The van der Waals surface area contributed by atoms with Crippen molar-refractivity contribution in [1.29, 1.82) is 0 Å². The fraction of sp³-hybridized carbons (Fsp3) is 0.950. The molecule has 0 spiro atoms. The number of cyclic esters (lactones) is 1. The Morgan fingerprint density at radius 3 is 2.19 bits per heavy atom. The van der Waals surface area contributed by atoms with Crippen LogP contribution in [0.1, 0.15) is 60.8 Å². The van der Waals surface area contributed by atoms with Gasteiger partial charge in [-0.2, -0.15) is 0 Å². The molecular weight excluding hydrogens is 334 g/mol. The molecule has 1 aliphatic heterocycles. The number of likely N-dealkylation sites (N-methyl/N-ethyl adjacent to an activating group) is 1. The smallest absolute Gasteiger partial charge is 0.308 e. The van der Waals surface area contributed by atoms with E-state index in [-0.39, 0.29) is 36.4 Å². The molecule has 6 nitrogen and oxygen atoms in total. The van der Waals surface area contributed by atoms with Crippen molar-refractivity contribution in [1.82, 2.24) is 4.90 Å². The van der Waals surface area contributed by atoms with Crippen molar-refractivity contribution in [3.05, 3.63) is 0 Å². The molecule has 1 aliphatic rings.